The summed E-state index contributed by atoms with van der Waals surface area (Å²) >= 11 is 0. The number of benzene rings is 3. The van der Waals surface area contributed by atoms with Crippen molar-refractivity contribution < 1.29 is 28.4 Å². The van der Waals surface area contributed by atoms with Crippen molar-refractivity contribution in [2.45, 2.75) is 95.4 Å². The molecule has 326 valence electrons. The Labute approximate surface area is 358 Å². The zero-order chi connectivity index (χ0) is 42.7. The average molecular weight is 836 g/mol. The van der Waals surface area contributed by atoms with Gasteiger partial charge >= 0.3 is 0 Å². The number of rotatable bonds is 14. The Hall–Kier alpha value is -5.51. The molecule has 0 bridgehead atoms. The van der Waals surface area contributed by atoms with E-state index in [4.69, 9.17) is 25.6 Å². The number of nitrogens with zero attached hydrogens (tertiary/aromatic N) is 5. The number of hydrazone groups is 1. The molecule has 1 aromatic heterocycles. The summed E-state index contributed by atoms with van der Waals surface area (Å²) in [6.45, 7) is 5.88. The van der Waals surface area contributed by atoms with Gasteiger partial charge in [0, 0.05) is 69.4 Å². The number of nitrogens with two attached hydrogens (primary N) is 2. The number of amides is 2. The van der Waals surface area contributed by atoms with Gasteiger partial charge in [0.1, 0.15) is 41.6 Å². The van der Waals surface area contributed by atoms with Crippen LogP contribution in [0.2, 0.25) is 0 Å². The molecule has 6 N–H and O–H groups in total. The minimum absolute atomic E-state index is 0.160. The van der Waals surface area contributed by atoms with Crippen molar-refractivity contribution in [2.75, 3.05) is 46.8 Å². The summed E-state index contributed by atoms with van der Waals surface area (Å²) in [5, 5.41) is 11.4. The predicted octanol–water partition coefficient (Wildman–Crippen LogP) is 5.21. The summed E-state index contributed by atoms with van der Waals surface area (Å²) in [7, 11) is 3.69. The summed E-state index contributed by atoms with van der Waals surface area (Å²) in [6.07, 6.45) is 12.9. The molecule has 0 spiro atoms. The van der Waals surface area contributed by atoms with E-state index >= 15 is 0 Å². The largest absolute Gasteiger partial charge is 0.490 e. The molecule has 4 aliphatic rings. The van der Waals surface area contributed by atoms with E-state index in [-0.39, 0.29) is 36.3 Å². The van der Waals surface area contributed by atoms with Crippen LogP contribution in [-0.2, 0) is 16.1 Å². The highest BCUT2D eigenvalue weighted by atomic mass is 16.5. The number of likely N-dealkylation sites (N-methyl/N-ethyl adjacent to an activating group) is 1. The van der Waals surface area contributed by atoms with E-state index in [1.54, 1.807) is 11.9 Å². The van der Waals surface area contributed by atoms with Crippen molar-refractivity contribution in [3.8, 4) is 22.8 Å². The molecule has 8 rings (SSSR count). The lowest BCUT2D eigenvalue weighted by Crippen LogP contribution is -2.46. The smallest absolute Gasteiger partial charge is 0.255 e. The molecule has 1 unspecified atom stereocenters. The SMILES string of the molecule is CN1CCC(Oc2cccc(-c3onc4ccc(/C(N)=N/NN)cc34)c2)CC1.CNC(=O)C(CCC=O)N1Cc2cc(OC3CCN(CC4CCCCC4)CC3)ccc2C1=O. The third-order valence-electron chi connectivity index (χ3n) is 12.5. The quantitative estimate of drug-likeness (QED) is 0.0427. The van der Waals surface area contributed by atoms with Crippen molar-refractivity contribution in [3.05, 3.63) is 77.4 Å². The number of amidine groups is 1. The Morgan fingerprint density at radius 1 is 0.951 bits per heavy atom. The van der Waals surface area contributed by atoms with Gasteiger partial charge in [0.25, 0.3) is 5.91 Å². The van der Waals surface area contributed by atoms with Crippen molar-refractivity contribution in [2.24, 2.45) is 22.6 Å². The number of hydrogen-bond donors (Lipinski definition) is 4. The number of ether oxygens (including phenoxy) is 2. The van der Waals surface area contributed by atoms with Crippen LogP contribution in [0.4, 0.5) is 0 Å². The highest BCUT2D eigenvalue weighted by Gasteiger charge is 2.36. The van der Waals surface area contributed by atoms with Crippen molar-refractivity contribution in [1.82, 2.24) is 30.7 Å². The summed E-state index contributed by atoms with van der Waals surface area (Å²) in [5.41, 5.74) is 12.0. The zero-order valence-corrected chi connectivity index (χ0v) is 35.5. The number of hydrazine groups is 1. The number of fused-ring (bicyclic) bond motifs is 2. The van der Waals surface area contributed by atoms with E-state index < -0.39 is 6.04 Å². The number of carbonyl (C=O) groups excluding carboxylic acids is 3. The molecule has 4 aromatic rings. The third-order valence-corrected chi connectivity index (χ3v) is 12.5. The zero-order valence-electron chi connectivity index (χ0n) is 35.5. The van der Waals surface area contributed by atoms with Gasteiger partial charge in [0.05, 0.1) is 5.39 Å². The predicted molar refractivity (Wildman–Crippen MR) is 235 cm³/mol. The molecule has 2 saturated heterocycles. The molecule has 1 atom stereocenters. The second kappa shape index (κ2) is 20.8. The van der Waals surface area contributed by atoms with Crippen LogP contribution >= 0.6 is 0 Å². The average Bonchev–Trinajstić information content (AvgIpc) is 3.86. The van der Waals surface area contributed by atoms with Crippen LogP contribution < -0.4 is 31.9 Å². The van der Waals surface area contributed by atoms with Gasteiger partial charge in [-0.3, -0.25) is 9.59 Å². The number of hydrogen-bond acceptors (Lipinski definition) is 12. The lowest BCUT2D eigenvalue weighted by atomic mass is 9.88. The lowest BCUT2D eigenvalue weighted by molar-refractivity contribution is -0.125. The Balaban J connectivity index is 0.000000186. The molecule has 1 aliphatic carbocycles. The van der Waals surface area contributed by atoms with E-state index in [1.165, 1.54) is 38.6 Å². The van der Waals surface area contributed by atoms with Crippen LogP contribution in [0.25, 0.3) is 22.2 Å². The maximum absolute atomic E-state index is 12.9. The molecule has 3 aliphatic heterocycles. The molecule has 4 heterocycles. The van der Waals surface area contributed by atoms with Crippen LogP contribution in [-0.4, -0.2) is 109 Å². The molecule has 61 heavy (non-hydrogen) atoms. The summed E-state index contributed by atoms with van der Waals surface area (Å²) < 4.78 is 18.1. The van der Waals surface area contributed by atoms with Crippen LogP contribution in [0.15, 0.2) is 70.3 Å². The molecule has 15 nitrogen and oxygen atoms in total. The van der Waals surface area contributed by atoms with Gasteiger partial charge in [-0.15, -0.1) is 5.10 Å². The van der Waals surface area contributed by atoms with E-state index in [1.807, 2.05) is 60.7 Å². The third kappa shape index (κ3) is 11.1. The molecule has 3 fully saturated rings. The molecule has 1 saturated carbocycles. The number of piperidine rings is 2. The van der Waals surface area contributed by atoms with Crippen LogP contribution in [0.5, 0.6) is 11.5 Å². The van der Waals surface area contributed by atoms with Gasteiger partial charge in [0.2, 0.25) is 5.91 Å². The Morgan fingerprint density at radius 2 is 1.67 bits per heavy atom. The van der Waals surface area contributed by atoms with E-state index in [2.05, 4.69) is 38.0 Å². The standard InChI is InChI=1S/C26H37N3O4.C20H24N6O2/c1-27-25(31)24(8-5-15-30)29-18-20-16-22(9-10-23(20)26(29)32)33-21-11-13-28(14-12-21)17-19-6-3-2-4-7-19;1-26-9-7-15(8-10-26)27-16-4-2-3-13(11-16)19-17-12-14(20(21)23-25-22)5-6-18(17)24-28-19/h9-10,15-16,19,21,24H,2-8,11-14,17-18H2,1H3,(H,27,31);2-6,11-12,15,25H,7-10,22H2,1H3,(H2,21,23). The van der Waals surface area contributed by atoms with Gasteiger partial charge < -0.3 is 44.5 Å². The van der Waals surface area contributed by atoms with Gasteiger partial charge in [-0.1, -0.05) is 36.6 Å². The normalized spacial score (nSPS) is 18.9. The Bertz CT molecular complexity index is 2140. The fourth-order valence-corrected chi connectivity index (χ4v) is 9.05. The van der Waals surface area contributed by atoms with Gasteiger partial charge in [0.15, 0.2) is 11.6 Å². The molecular weight excluding hydrogens is 775 g/mol. The Morgan fingerprint density at radius 3 is 2.38 bits per heavy atom. The second-order valence-electron chi connectivity index (χ2n) is 16.8. The summed E-state index contributed by atoms with van der Waals surface area (Å²) in [5.74, 6) is 8.27. The molecule has 3 aromatic carbocycles. The molecule has 0 radical (unpaired) electrons. The van der Waals surface area contributed by atoms with E-state index in [9.17, 15) is 14.4 Å². The number of aldehydes is 1. The number of nitrogens with one attached hydrogen (secondary N) is 2. The van der Waals surface area contributed by atoms with Crippen molar-refractivity contribution in [3.63, 3.8) is 0 Å². The van der Waals surface area contributed by atoms with E-state index in [0.717, 1.165) is 103 Å². The highest BCUT2D eigenvalue weighted by Crippen LogP contribution is 2.34. The van der Waals surface area contributed by atoms with Gasteiger partial charge in [-0.05, 0) is 112 Å². The number of carbonyl (C=O) groups is 3. The van der Waals surface area contributed by atoms with Crippen LogP contribution in [0.1, 0.15) is 92.1 Å². The number of likely N-dealkylation sites (tertiary alicyclic amines) is 2. The van der Waals surface area contributed by atoms with Crippen molar-refractivity contribution >= 4 is 34.8 Å². The number of aromatic nitrogens is 1. The molecular formula is C46H61N9O6. The first-order valence-corrected chi connectivity index (χ1v) is 21.8. The topological polar surface area (TPSA) is 194 Å². The van der Waals surface area contributed by atoms with Crippen LogP contribution in [0, 0.1) is 5.92 Å². The maximum atomic E-state index is 12.9. The monoisotopic (exact) mass is 835 g/mol. The first-order valence-electron chi connectivity index (χ1n) is 21.8. The first kappa shape index (κ1) is 43.6. The first-order chi connectivity index (χ1) is 29.7. The molecule has 15 heteroatoms. The summed E-state index contributed by atoms with van der Waals surface area (Å²) in [6, 6.07) is 18.5. The fourth-order valence-electron chi connectivity index (χ4n) is 9.05. The van der Waals surface area contributed by atoms with Gasteiger partial charge in [-0.2, -0.15) is 0 Å². The lowest BCUT2D eigenvalue weighted by Gasteiger charge is -2.35. The van der Waals surface area contributed by atoms with Crippen LogP contribution in [0.3, 0.4) is 0 Å². The molecule has 2 amide bonds. The fraction of sp³-hybridized carbons (Fsp3) is 0.500. The van der Waals surface area contributed by atoms with Crippen molar-refractivity contribution in [1.29, 1.82) is 0 Å². The Kier molecular flexibility index (Phi) is 14.9. The minimum Gasteiger partial charge on any atom is -0.490 e. The van der Waals surface area contributed by atoms with Gasteiger partial charge in [-0.25, -0.2) is 11.4 Å². The second-order valence-corrected chi connectivity index (χ2v) is 16.8. The maximum Gasteiger partial charge on any atom is 0.255 e. The minimum atomic E-state index is -0.641. The summed E-state index contributed by atoms with van der Waals surface area (Å²) in [4.78, 5) is 42.6. The highest BCUT2D eigenvalue weighted by molar-refractivity contribution is 6.03. The van der Waals surface area contributed by atoms with E-state index in [0.29, 0.717) is 24.3 Å².